The number of rotatable bonds is 5. The number of aromatic nitrogens is 1. The van der Waals surface area contributed by atoms with E-state index in [9.17, 15) is 18.4 Å². The van der Waals surface area contributed by atoms with Crippen LogP contribution in [0, 0.1) is 24.5 Å². The van der Waals surface area contributed by atoms with Crippen LogP contribution in [0.4, 0.5) is 20.3 Å². The predicted molar refractivity (Wildman–Crippen MR) is 106 cm³/mol. The van der Waals surface area contributed by atoms with Gasteiger partial charge >= 0.3 is 0 Å². The molecule has 1 aliphatic heterocycles. The summed E-state index contributed by atoms with van der Waals surface area (Å²) in [4.78, 5) is 31.0. The summed E-state index contributed by atoms with van der Waals surface area (Å²) in [7, 11) is 0. The second-order valence-corrected chi connectivity index (χ2v) is 7.31. The zero-order valence-corrected chi connectivity index (χ0v) is 16.4. The third-order valence-corrected chi connectivity index (χ3v) is 5.18. The number of pyridine rings is 1. The van der Waals surface area contributed by atoms with Crippen molar-refractivity contribution in [1.82, 2.24) is 9.88 Å². The third-order valence-electron chi connectivity index (χ3n) is 5.18. The lowest BCUT2D eigenvalue weighted by Gasteiger charge is -2.34. The number of hydrogen-bond acceptors (Lipinski definition) is 4. The Morgan fingerprint density at radius 1 is 1.14 bits per heavy atom. The van der Waals surface area contributed by atoms with Crippen LogP contribution >= 0.6 is 0 Å². The van der Waals surface area contributed by atoms with Crippen molar-refractivity contribution in [3.05, 3.63) is 53.7 Å². The van der Waals surface area contributed by atoms with Crippen molar-refractivity contribution >= 4 is 23.3 Å². The second-order valence-electron chi connectivity index (χ2n) is 7.31. The molecule has 0 saturated carbocycles. The van der Waals surface area contributed by atoms with Gasteiger partial charge in [-0.3, -0.25) is 14.5 Å². The third kappa shape index (κ3) is 5.35. The lowest BCUT2D eigenvalue weighted by molar-refractivity contribution is -0.123. The topological polar surface area (TPSA) is 74.3 Å². The first-order valence-corrected chi connectivity index (χ1v) is 9.57. The monoisotopic (exact) mass is 402 g/mol. The van der Waals surface area contributed by atoms with Gasteiger partial charge < -0.3 is 10.6 Å². The van der Waals surface area contributed by atoms with Crippen molar-refractivity contribution < 1.29 is 18.4 Å². The van der Waals surface area contributed by atoms with E-state index in [1.165, 1.54) is 0 Å². The van der Waals surface area contributed by atoms with Gasteiger partial charge in [0.2, 0.25) is 11.8 Å². The molecule has 8 heteroatoms. The van der Waals surface area contributed by atoms with Crippen LogP contribution in [0.2, 0.25) is 0 Å². The largest absolute Gasteiger partial charge is 0.322 e. The number of hydrogen-bond donors (Lipinski definition) is 2. The Morgan fingerprint density at radius 2 is 1.86 bits per heavy atom. The summed E-state index contributed by atoms with van der Waals surface area (Å²) in [5.74, 6) is -1.44. The summed E-state index contributed by atoms with van der Waals surface area (Å²) in [6.45, 7) is 4.75. The molecule has 1 aromatic carbocycles. The van der Waals surface area contributed by atoms with E-state index in [1.807, 2.05) is 24.0 Å². The normalized spacial score (nSPS) is 16.3. The molecule has 2 heterocycles. The molecule has 1 aliphatic rings. The van der Waals surface area contributed by atoms with Crippen LogP contribution in [0.1, 0.15) is 25.3 Å². The SMILES string of the molecule is Cc1ccnc(NC(=O)C2CCN(C(C)C(=O)Nc3cc(F)ccc3F)CC2)c1. The first-order valence-electron chi connectivity index (χ1n) is 9.57. The number of nitrogens with zero attached hydrogens (tertiary/aromatic N) is 2. The maximum atomic E-state index is 13.7. The molecular weight excluding hydrogens is 378 g/mol. The van der Waals surface area contributed by atoms with Gasteiger partial charge in [-0.25, -0.2) is 13.8 Å². The molecule has 2 N–H and O–H groups in total. The highest BCUT2D eigenvalue weighted by Gasteiger charge is 2.30. The first kappa shape index (κ1) is 20.9. The highest BCUT2D eigenvalue weighted by atomic mass is 19.1. The van der Waals surface area contributed by atoms with Gasteiger partial charge in [0.25, 0.3) is 0 Å². The molecule has 6 nitrogen and oxygen atoms in total. The Labute approximate surface area is 168 Å². The zero-order valence-electron chi connectivity index (χ0n) is 16.4. The Balaban J connectivity index is 1.52. The van der Waals surface area contributed by atoms with E-state index in [1.54, 1.807) is 13.1 Å². The van der Waals surface area contributed by atoms with Gasteiger partial charge in [0, 0.05) is 18.2 Å². The maximum absolute atomic E-state index is 13.7. The number of anilines is 2. The number of aryl methyl sites for hydroxylation is 1. The number of nitrogens with one attached hydrogen (secondary N) is 2. The molecule has 154 valence electrons. The van der Waals surface area contributed by atoms with E-state index in [4.69, 9.17) is 0 Å². The molecule has 0 spiro atoms. The summed E-state index contributed by atoms with van der Waals surface area (Å²) in [5.41, 5.74) is 0.835. The Hall–Kier alpha value is -2.87. The summed E-state index contributed by atoms with van der Waals surface area (Å²) in [6.07, 6.45) is 2.85. The first-order chi connectivity index (χ1) is 13.8. The fraction of sp³-hybridized carbons (Fsp3) is 0.381. The molecule has 2 aromatic rings. The Kier molecular flexibility index (Phi) is 6.53. The average molecular weight is 402 g/mol. The maximum Gasteiger partial charge on any atom is 0.241 e. The number of piperidine rings is 1. The molecule has 1 fully saturated rings. The summed E-state index contributed by atoms with van der Waals surface area (Å²) in [6, 6.07) is 6.07. The van der Waals surface area contributed by atoms with Crippen LogP contribution in [0.25, 0.3) is 0 Å². The lowest BCUT2D eigenvalue weighted by Crippen LogP contribution is -2.47. The molecule has 1 atom stereocenters. The van der Waals surface area contributed by atoms with Gasteiger partial charge in [0.15, 0.2) is 0 Å². The quantitative estimate of drug-likeness (QED) is 0.805. The van der Waals surface area contributed by atoms with Crippen LogP contribution in [-0.4, -0.2) is 40.8 Å². The fourth-order valence-corrected chi connectivity index (χ4v) is 3.38. The molecule has 2 amide bonds. The molecule has 1 saturated heterocycles. The van der Waals surface area contributed by atoms with Crippen LogP contribution < -0.4 is 10.6 Å². The minimum Gasteiger partial charge on any atom is -0.322 e. The molecule has 3 rings (SSSR count). The van der Waals surface area contributed by atoms with Gasteiger partial charge in [-0.2, -0.15) is 0 Å². The predicted octanol–water partition coefficient (Wildman–Crippen LogP) is 3.35. The van der Waals surface area contributed by atoms with Crippen LogP contribution in [-0.2, 0) is 9.59 Å². The van der Waals surface area contributed by atoms with Crippen molar-refractivity contribution in [1.29, 1.82) is 0 Å². The van der Waals surface area contributed by atoms with E-state index in [2.05, 4.69) is 15.6 Å². The van der Waals surface area contributed by atoms with Crippen molar-refractivity contribution in [2.24, 2.45) is 5.92 Å². The number of carbonyl (C=O) groups excluding carboxylic acids is 2. The number of benzene rings is 1. The number of carbonyl (C=O) groups is 2. The number of likely N-dealkylation sites (tertiary alicyclic amines) is 1. The minimum absolute atomic E-state index is 0.0818. The highest BCUT2D eigenvalue weighted by molar-refractivity contribution is 5.95. The van der Waals surface area contributed by atoms with E-state index < -0.39 is 23.6 Å². The van der Waals surface area contributed by atoms with Crippen LogP contribution in [0.5, 0.6) is 0 Å². The average Bonchev–Trinajstić information content (AvgIpc) is 2.70. The molecule has 0 bridgehead atoms. The van der Waals surface area contributed by atoms with Gasteiger partial charge in [-0.05, 0) is 69.6 Å². The van der Waals surface area contributed by atoms with E-state index in [0.717, 1.165) is 23.8 Å². The van der Waals surface area contributed by atoms with Gasteiger partial charge in [-0.1, -0.05) is 0 Å². The van der Waals surface area contributed by atoms with Crippen LogP contribution in [0.15, 0.2) is 36.5 Å². The van der Waals surface area contributed by atoms with E-state index in [0.29, 0.717) is 31.7 Å². The Morgan fingerprint density at radius 3 is 2.55 bits per heavy atom. The van der Waals surface area contributed by atoms with E-state index >= 15 is 0 Å². The van der Waals surface area contributed by atoms with E-state index in [-0.39, 0.29) is 17.5 Å². The number of halogens is 2. The second kappa shape index (κ2) is 9.09. The molecular formula is C21H24F2N4O2. The molecule has 1 unspecified atom stereocenters. The lowest BCUT2D eigenvalue weighted by atomic mass is 9.95. The smallest absolute Gasteiger partial charge is 0.241 e. The van der Waals surface area contributed by atoms with Gasteiger partial charge in [0.1, 0.15) is 17.5 Å². The molecule has 0 aliphatic carbocycles. The summed E-state index contributed by atoms with van der Waals surface area (Å²) >= 11 is 0. The molecule has 1 aromatic heterocycles. The number of amides is 2. The summed E-state index contributed by atoms with van der Waals surface area (Å²) in [5, 5.41) is 5.28. The highest BCUT2D eigenvalue weighted by Crippen LogP contribution is 2.22. The zero-order chi connectivity index (χ0) is 21.0. The van der Waals surface area contributed by atoms with Gasteiger partial charge in [0.05, 0.1) is 11.7 Å². The van der Waals surface area contributed by atoms with Crippen molar-refractivity contribution in [3.63, 3.8) is 0 Å². The van der Waals surface area contributed by atoms with Gasteiger partial charge in [-0.15, -0.1) is 0 Å². The van der Waals surface area contributed by atoms with Crippen molar-refractivity contribution in [2.45, 2.75) is 32.7 Å². The molecule has 29 heavy (non-hydrogen) atoms. The van der Waals surface area contributed by atoms with Crippen molar-refractivity contribution in [3.8, 4) is 0 Å². The fourth-order valence-electron chi connectivity index (χ4n) is 3.38. The molecule has 0 radical (unpaired) electrons. The minimum atomic E-state index is -0.688. The van der Waals surface area contributed by atoms with Crippen molar-refractivity contribution in [2.75, 3.05) is 23.7 Å². The standard InChI is InChI=1S/C21H24F2N4O2/c1-13-5-8-24-19(11-13)26-21(29)15-6-9-27(10-7-15)14(2)20(28)25-18-12-16(22)3-4-17(18)23/h3-5,8,11-12,14-15H,6-7,9-10H2,1-2H3,(H,25,28)(H,24,26,29). The summed E-state index contributed by atoms with van der Waals surface area (Å²) < 4.78 is 27.0. The Bertz CT molecular complexity index is 898. The van der Waals surface area contributed by atoms with Crippen LogP contribution in [0.3, 0.4) is 0 Å².